The van der Waals surface area contributed by atoms with Gasteiger partial charge in [0.2, 0.25) is 0 Å². The second-order valence-electron chi connectivity index (χ2n) is 8.66. The monoisotopic (exact) mass is 542 g/mol. The van der Waals surface area contributed by atoms with Crippen LogP contribution in [0.5, 0.6) is 0 Å². The van der Waals surface area contributed by atoms with E-state index in [1.807, 2.05) is 53.2 Å². The third-order valence-electron chi connectivity index (χ3n) is 6.37. The van der Waals surface area contributed by atoms with Gasteiger partial charge in [0, 0.05) is 37.6 Å². The Bertz CT molecular complexity index is 1210. The number of hydrogen-bond donors (Lipinski definition) is 0. The largest absolute Gasteiger partial charge is 0.379 e. The van der Waals surface area contributed by atoms with E-state index in [-0.39, 0.29) is 24.4 Å². The third-order valence-corrected chi connectivity index (χ3v) is 8.49. The molecule has 0 unspecified atom stereocenters. The highest BCUT2D eigenvalue weighted by Gasteiger charge is 2.36. The van der Waals surface area contributed by atoms with Gasteiger partial charge < -0.3 is 9.64 Å². The lowest BCUT2D eigenvalue weighted by Gasteiger charge is -2.31. The van der Waals surface area contributed by atoms with Gasteiger partial charge in [-0.3, -0.25) is 14.5 Å². The van der Waals surface area contributed by atoms with Crippen molar-refractivity contribution in [1.82, 2.24) is 14.8 Å². The second-order valence-corrected chi connectivity index (χ2v) is 11.0. The molecule has 0 radical (unpaired) electrons. The van der Waals surface area contributed by atoms with E-state index in [4.69, 9.17) is 21.4 Å². The molecular weight excluding hydrogens is 516 g/mol. The molecule has 0 saturated carbocycles. The average Bonchev–Trinajstić information content (AvgIpc) is 3.68. The molecule has 1 aromatic carbocycles. The summed E-state index contributed by atoms with van der Waals surface area (Å²) in [6, 6.07) is 14.9. The molecule has 4 heterocycles. The van der Waals surface area contributed by atoms with E-state index in [0.29, 0.717) is 42.6 Å². The quantitative estimate of drug-likeness (QED) is 0.417. The van der Waals surface area contributed by atoms with Crippen LogP contribution in [0.3, 0.4) is 0 Å². The SMILES string of the molecule is O=C(c1cccs1)N(CCN1CCOCC1)CC(=O)N1N=C(c2cccs2)C[C@@H]1c1ccccc1Cl. The maximum atomic E-state index is 13.7. The fourth-order valence-corrected chi connectivity index (χ4v) is 6.12. The molecule has 2 aliphatic rings. The molecule has 7 nitrogen and oxygen atoms in total. The van der Waals surface area contributed by atoms with Gasteiger partial charge in [0.1, 0.15) is 6.54 Å². The van der Waals surface area contributed by atoms with Gasteiger partial charge in [0.05, 0.1) is 34.7 Å². The van der Waals surface area contributed by atoms with Gasteiger partial charge in [-0.2, -0.15) is 5.10 Å². The predicted octanol–water partition coefficient (Wildman–Crippen LogP) is 4.62. The van der Waals surface area contributed by atoms with Crippen LogP contribution < -0.4 is 0 Å². The molecule has 1 fully saturated rings. The summed E-state index contributed by atoms with van der Waals surface area (Å²) in [6.45, 7) is 4.11. The van der Waals surface area contributed by atoms with Gasteiger partial charge in [-0.15, -0.1) is 22.7 Å². The lowest BCUT2D eigenvalue weighted by atomic mass is 10.0. The van der Waals surface area contributed by atoms with Crippen LogP contribution in [0.25, 0.3) is 0 Å². The van der Waals surface area contributed by atoms with E-state index in [0.717, 1.165) is 29.2 Å². The molecular formula is C26H27ClN4O3S2. The highest BCUT2D eigenvalue weighted by Crippen LogP contribution is 2.37. The highest BCUT2D eigenvalue weighted by atomic mass is 35.5. The number of nitrogens with zero attached hydrogens (tertiary/aromatic N) is 4. The summed E-state index contributed by atoms with van der Waals surface area (Å²) < 4.78 is 5.44. The van der Waals surface area contributed by atoms with Gasteiger partial charge in [0.25, 0.3) is 11.8 Å². The van der Waals surface area contributed by atoms with E-state index < -0.39 is 0 Å². The Kier molecular flexibility index (Phi) is 8.13. The highest BCUT2D eigenvalue weighted by molar-refractivity contribution is 7.12. The van der Waals surface area contributed by atoms with Crippen molar-refractivity contribution in [3.05, 3.63) is 79.6 Å². The Hall–Kier alpha value is -2.56. The topological polar surface area (TPSA) is 65.5 Å². The summed E-state index contributed by atoms with van der Waals surface area (Å²) in [6.07, 6.45) is 0.572. The molecule has 10 heteroatoms. The summed E-state index contributed by atoms with van der Waals surface area (Å²) in [5.74, 6) is -0.360. The number of rotatable bonds is 8. The van der Waals surface area contributed by atoms with Crippen LogP contribution in [0, 0.1) is 0 Å². The molecule has 5 rings (SSSR count). The number of amides is 2. The third kappa shape index (κ3) is 5.71. The first-order chi connectivity index (χ1) is 17.6. The average molecular weight is 543 g/mol. The minimum atomic E-state index is -0.318. The predicted molar refractivity (Wildman–Crippen MR) is 144 cm³/mol. The van der Waals surface area contributed by atoms with Gasteiger partial charge in [-0.25, -0.2) is 5.01 Å². The number of ether oxygens (including phenoxy) is 1. The maximum absolute atomic E-state index is 13.7. The number of hydrogen-bond acceptors (Lipinski definition) is 7. The van der Waals surface area contributed by atoms with Crippen LogP contribution in [0.4, 0.5) is 0 Å². The van der Waals surface area contributed by atoms with E-state index in [1.165, 1.54) is 16.3 Å². The van der Waals surface area contributed by atoms with Gasteiger partial charge in [-0.1, -0.05) is 41.9 Å². The molecule has 1 atom stereocenters. The Labute approximate surface area is 223 Å². The number of hydrazone groups is 1. The zero-order valence-electron chi connectivity index (χ0n) is 19.7. The molecule has 0 N–H and O–H groups in total. The zero-order chi connectivity index (χ0) is 24.9. The molecule has 2 aromatic heterocycles. The van der Waals surface area contributed by atoms with Crippen molar-refractivity contribution in [3.63, 3.8) is 0 Å². The second kappa shape index (κ2) is 11.7. The molecule has 0 aliphatic carbocycles. The first-order valence-electron chi connectivity index (χ1n) is 11.9. The Balaban J connectivity index is 1.38. The number of carbonyl (C=O) groups excluding carboxylic acids is 2. The molecule has 2 aliphatic heterocycles. The number of halogens is 1. The number of thiophene rings is 2. The van der Waals surface area contributed by atoms with Crippen molar-refractivity contribution in [1.29, 1.82) is 0 Å². The zero-order valence-corrected chi connectivity index (χ0v) is 22.1. The number of morpholine rings is 1. The first kappa shape index (κ1) is 25.1. The van der Waals surface area contributed by atoms with Gasteiger partial charge >= 0.3 is 0 Å². The van der Waals surface area contributed by atoms with Crippen LogP contribution >= 0.6 is 34.3 Å². The van der Waals surface area contributed by atoms with Crippen LogP contribution in [-0.2, 0) is 9.53 Å². The van der Waals surface area contributed by atoms with Crippen molar-refractivity contribution < 1.29 is 14.3 Å². The van der Waals surface area contributed by atoms with Crippen molar-refractivity contribution >= 4 is 51.8 Å². The van der Waals surface area contributed by atoms with Crippen molar-refractivity contribution in [2.45, 2.75) is 12.5 Å². The maximum Gasteiger partial charge on any atom is 0.264 e. The van der Waals surface area contributed by atoms with Crippen molar-refractivity contribution in [2.24, 2.45) is 5.10 Å². The van der Waals surface area contributed by atoms with E-state index >= 15 is 0 Å². The van der Waals surface area contributed by atoms with Gasteiger partial charge in [-0.05, 0) is 34.5 Å². The minimum absolute atomic E-state index is 0.0523. The fraction of sp³-hybridized carbons (Fsp3) is 0.346. The van der Waals surface area contributed by atoms with Crippen molar-refractivity contribution in [2.75, 3.05) is 45.9 Å². The summed E-state index contributed by atoms with van der Waals surface area (Å²) >= 11 is 9.52. The van der Waals surface area contributed by atoms with Gasteiger partial charge in [0.15, 0.2) is 0 Å². The van der Waals surface area contributed by atoms with Crippen LogP contribution in [0.1, 0.15) is 32.6 Å². The first-order valence-corrected chi connectivity index (χ1v) is 14.0. The molecule has 188 valence electrons. The lowest BCUT2D eigenvalue weighted by Crippen LogP contribution is -2.46. The van der Waals surface area contributed by atoms with Crippen molar-refractivity contribution in [3.8, 4) is 0 Å². The molecule has 1 saturated heterocycles. The fourth-order valence-electron chi connectivity index (χ4n) is 4.45. The van der Waals surface area contributed by atoms with E-state index in [9.17, 15) is 9.59 Å². The molecule has 36 heavy (non-hydrogen) atoms. The standard InChI is InChI=1S/C26H27ClN4O3S2/c27-20-6-2-1-5-19(20)22-17-21(23-7-3-15-35-23)28-31(22)25(32)18-30(26(33)24-8-4-16-36-24)10-9-29-11-13-34-14-12-29/h1-8,15-16,22H,9-14,17-18H2/t22-/m1/s1. The lowest BCUT2D eigenvalue weighted by molar-refractivity contribution is -0.133. The molecule has 0 spiro atoms. The Morgan fingerprint density at radius 1 is 1.06 bits per heavy atom. The summed E-state index contributed by atoms with van der Waals surface area (Å²) in [5.41, 5.74) is 1.71. The number of benzene rings is 1. The van der Waals surface area contributed by atoms with Crippen LogP contribution in [0.15, 0.2) is 64.4 Å². The normalized spacial score (nSPS) is 18.3. The van der Waals surface area contributed by atoms with Crippen LogP contribution in [-0.4, -0.2) is 78.3 Å². The number of carbonyl (C=O) groups is 2. The Morgan fingerprint density at radius 3 is 2.56 bits per heavy atom. The summed E-state index contributed by atoms with van der Waals surface area (Å²) in [7, 11) is 0. The smallest absolute Gasteiger partial charge is 0.264 e. The van der Waals surface area contributed by atoms with Crippen LogP contribution in [0.2, 0.25) is 5.02 Å². The molecule has 0 bridgehead atoms. The Morgan fingerprint density at radius 2 is 1.83 bits per heavy atom. The van der Waals surface area contributed by atoms with E-state index in [1.54, 1.807) is 22.3 Å². The summed E-state index contributed by atoms with van der Waals surface area (Å²) in [4.78, 5) is 32.7. The molecule has 3 aromatic rings. The molecule has 2 amide bonds. The summed E-state index contributed by atoms with van der Waals surface area (Å²) in [5, 5.41) is 10.7. The van der Waals surface area contributed by atoms with E-state index in [2.05, 4.69) is 4.90 Å². The minimum Gasteiger partial charge on any atom is -0.379 e.